The lowest BCUT2D eigenvalue weighted by Gasteiger charge is -2.50. The molecule has 75 heavy (non-hydrogen) atoms. The molecule has 9 nitrogen and oxygen atoms in total. The second kappa shape index (κ2) is 22.9. The number of fused-ring (bicyclic) bond motifs is 11. The second-order valence-electron chi connectivity index (χ2n) is 24.7. The summed E-state index contributed by atoms with van der Waals surface area (Å²) in [4.78, 5) is 19.9. The standard InChI is InChI=1S/C66H85N3O6/c1-3-44-34-46(22-23-47(44)39-70)60(72)25-24-45-38-61(75-54-19-8-9-20-54)64(73)63-55(45)21-13-16-51-35-49-37-57-56(28-41(2)29-58(57)62(63)59(49)40-74-53-17-6-4-7-18-53)48-31-43(33-52(71)36-48)30-42-14-12-15-50(32-42)66(69-65(67)68-51)26-10-5-11-27-66/h12,14-15,31-34,36-38,41,44,47,49,51,53-54,56,58-59,62,70-71,73H,3-11,16-20,22-30,35,39-40H2,1-2H3,(H3,67,68,69)/t41-,44-,47+,49-,51-,56-,58-,59+,62+/m0/s1. The van der Waals surface area contributed by atoms with E-state index < -0.39 is 0 Å². The minimum Gasteiger partial charge on any atom is -0.508 e. The third-order valence-electron chi connectivity index (χ3n) is 19.6. The van der Waals surface area contributed by atoms with E-state index in [0.717, 1.165) is 130 Å². The van der Waals surface area contributed by atoms with Crippen LogP contribution in [0, 0.1) is 47.3 Å². The van der Waals surface area contributed by atoms with Gasteiger partial charge in [0.15, 0.2) is 23.2 Å². The number of nitrogens with two attached hydrogens (primary N) is 1. The molecule has 6 N–H and O–H groups in total. The highest BCUT2D eigenvalue weighted by molar-refractivity contribution is 5.95. The number of aliphatic hydroxyl groups is 1. The highest BCUT2D eigenvalue weighted by atomic mass is 16.5. The predicted octanol–water partition coefficient (Wildman–Crippen LogP) is 12.9. The molecule has 400 valence electrons. The number of rotatable bonds is 11. The van der Waals surface area contributed by atoms with Crippen LogP contribution >= 0.6 is 0 Å². The summed E-state index contributed by atoms with van der Waals surface area (Å²) < 4.78 is 14.2. The first kappa shape index (κ1) is 52.0. The Morgan fingerprint density at radius 2 is 1.68 bits per heavy atom. The normalized spacial score (nSPS) is 29.7. The van der Waals surface area contributed by atoms with Crippen LogP contribution in [-0.4, -0.2) is 58.5 Å². The number of ether oxygens (including phenoxy) is 2. The van der Waals surface area contributed by atoms with E-state index >= 15 is 0 Å². The summed E-state index contributed by atoms with van der Waals surface area (Å²) in [6.45, 7) is 5.22. The fourth-order valence-electron chi connectivity index (χ4n) is 15.8. The Morgan fingerprint density at radius 3 is 2.48 bits per heavy atom. The molecule has 9 heteroatoms. The van der Waals surface area contributed by atoms with Crippen molar-refractivity contribution in [3.8, 4) is 29.1 Å². The molecule has 9 atom stereocenters. The molecule has 0 amide bonds. The molecule has 1 heterocycles. The van der Waals surface area contributed by atoms with E-state index in [4.69, 9.17) is 20.2 Å². The van der Waals surface area contributed by atoms with Gasteiger partial charge in [-0.15, -0.1) is 0 Å². The van der Waals surface area contributed by atoms with Gasteiger partial charge in [-0.2, -0.15) is 0 Å². The van der Waals surface area contributed by atoms with Gasteiger partial charge in [0.2, 0.25) is 0 Å². The van der Waals surface area contributed by atoms with Crippen molar-refractivity contribution >= 4 is 11.7 Å². The zero-order chi connectivity index (χ0) is 51.6. The molecule has 8 bridgehead atoms. The van der Waals surface area contributed by atoms with Gasteiger partial charge in [0.25, 0.3) is 0 Å². The Hall–Kier alpha value is -5.04. The van der Waals surface area contributed by atoms with Crippen LogP contribution in [0.5, 0.6) is 17.2 Å². The number of phenolic OH excluding ortho intramolecular Hbond substituents is 2. The van der Waals surface area contributed by atoms with Crippen molar-refractivity contribution < 1.29 is 29.6 Å². The third-order valence-corrected chi connectivity index (χ3v) is 19.6. The highest BCUT2D eigenvalue weighted by Gasteiger charge is 2.49. The van der Waals surface area contributed by atoms with E-state index in [0.29, 0.717) is 62.1 Å². The lowest BCUT2D eigenvalue weighted by molar-refractivity contribution is -0.115. The van der Waals surface area contributed by atoms with Crippen LogP contribution < -0.4 is 15.8 Å². The quantitative estimate of drug-likeness (QED) is 0.0943. The van der Waals surface area contributed by atoms with Gasteiger partial charge in [-0.25, -0.2) is 4.99 Å². The van der Waals surface area contributed by atoms with Gasteiger partial charge < -0.3 is 35.8 Å². The van der Waals surface area contributed by atoms with E-state index in [1.807, 2.05) is 18.2 Å². The minimum atomic E-state index is -0.360. The van der Waals surface area contributed by atoms with E-state index in [1.54, 1.807) is 0 Å². The summed E-state index contributed by atoms with van der Waals surface area (Å²) in [6.07, 6.45) is 27.1. The van der Waals surface area contributed by atoms with Gasteiger partial charge in [0, 0.05) is 42.4 Å². The van der Waals surface area contributed by atoms with Crippen LogP contribution in [0.15, 0.2) is 76.8 Å². The maximum Gasteiger partial charge on any atom is 0.189 e. The average molecular weight is 1020 g/mol. The maximum absolute atomic E-state index is 14.4. The largest absolute Gasteiger partial charge is 0.508 e. The van der Waals surface area contributed by atoms with Gasteiger partial charge in [-0.05, 0) is 190 Å². The fraction of sp³-hybridized carbons (Fsp3) is 0.606. The summed E-state index contributed by atoms with van der Waals surface area (Å²) in [6, 6.07) is 17.2. The van der Waals surface area contributed by atoms with Crippen molar-refractivity contribution in [2.75, 3.05) is 13.2 Å². The molecule has 7 aliphatic carbocycles. The van der Waals surface area contributed by atoms with E-state index in [1.165, 1.54) is 42.4 Å². The van der Waals surface area contributed by atoms with Crippen molar-refractivity contribution in [2.45, 2.75) is 204 Å². The number of hydrogen-bond donors (Lipinski definition) is 5. The predicted molar refractivity (Wildman–Crippen MR) is 298 cm³/mol. The highest BCUT2D eigenvalue weighted by Crippen LogP contribution is 2.60. The number of carbonyl (C=O) groups is 1. The van der Waals surface area contributed by atoms with Gasteiger partial charge in [0.1, 0.15) is 5.75 Å². The Bertz CT molecular complexity index is 2710. The molecule has 0 unspecified atom stereocenters. The van der Waals surface area contributed by atoms with Crippen LogP contribution in [-0.2, 0) is 27.9 Å². The molecule has 0 radical (unpaired) electrons. The number of phenols is 2. The number of hydrogen-bond acceptors (Lipinski definition) is 9. The Morgan fingerprint density at radius 1 is 0.893 bits per heavy atom. The first-order chi connectivity index (χ1) is 36.5. The SMILES string of the molecule is CC[C@H]1C=C(C(=O)CCc2cc(OC3CCCC3)c(O)c3c2C#CC[C@H]2C[C@H]4C=C5[C@@H](C[C@H](C)C[C@@H]5[C@@H]3[C@@H]4COC3CCCCC3)c3cc(O)cc(c3)Cc3cccc(c3)C3(CCCCC3)NC(N)=N2)CC[C@@H]1CO. The van der Waals surface area contributed by atoms with Crippen LogP contribution in [0.1, 0.15) is 206 Å². The van der Waals surface area contributed by atoms with E-state index in [2.05, 4.69) is 73.5 Å². The number of aliphatic imine (C=N–C) groups is 1. The van der Waals surface area contributed by atoms with E-state index in [-0.39, 0.29) is 83.4 Å². The second-order valence-corrected chi connectivity index (χ2v) is 24.7. The molecule has 1 spiro atoms. The average Bonchev–Trinajstić information content (AvgIpc) is 3.93. The van der Waals surface area contributed by atoms with Crippen LogP contribution in [0.2, 0.25) is 0 Å². The van der Waals surface area contributed by atoms with Crippen molar-refractivity contribution in [1.82, 2.24) is 5.32 Å². The molecular weight excluding hydrogens is 931 g/mol. The zero-order valence-corrected chi connectivity index (χ0v) is 45.1. The number of Topliss-reactive ketones (excluding diaryl/α,β-unsaturated/α-hetero) is 1. The monoisotopic (exact) mass is 1020 g/mol. The van der Waals surface area contributed by atoms with Gasteiger partial charge >= 0.3 is 0 Å². The van der Waals surface area contributed by atoms with Gasteiger partial charge in [-0.1, -0.05) is 112 Å². The summed E-state index contributed by atoms with van der Waals surface area (Å²) in [5, 5.41) is 39.1. The summed E-state index contributed by atoms with van der Waals surface area (Å²) in [5.41, 5.74) is 16.5. The zero-order valence-electron chi connectivity index (χ0n) is 45.1. The molecule has 0 aromatic heterocycles. The first-order valence-corrected chi connectivity index (χ1v) is 29.8. The lowest BCUT2D eigenvalue weighted by atomic mass is 9.55. The molecule has 8 aliphatic rings. The van der Waals surface area contributed by atoms with Crippen LogP contribution in [0.3, 0.4) is 0 Å². The molecule has 4 saturated carbocycles. The number of guanidine groups is 1. The fourth-order valence-corrected chi connectivity index (χ4v) is 15.8. The third kappa shape index (κ3) is 11.2. The number of aliphatic hydroxyl groups excluding tert-OH is 1. The molecular formula is C66H85N3O6. The molecule has 3 aromatic rings. The Balaban J connectivity index is 1.11. The summed E-state index contributed by atoms with van der Waals surface area (Å²) in [7, 11) is 0. The number of nitrogens with zero attached hydrogens (tertiary/aromatic N) is 1. The number of allylic oxidation sites excluding steroid dienone is 4. The minimum absolute atomic E-state index is 0.00876. The Labute approximate surface area is 447 Å². The number of ketones is 1. The first-order valence-electron chi connectivity index (χ1n) is 29.8. The van der Waals surface area contributed by atoms with Gasteiger partial charge in [-0.3, -0.25) is 4.79 Å². The molecule has 11 rings (SSSR count). The molecule has 3 aromatic carbocycles. The van der Waals surface area contributed by atoms with Crippen molar-refractivity contribution in [3.05, 3.63) is 111 Å². The van der Waals surface area contributed by atoms with Crippen molar-refractivity contribution in [2.24, 2.45) is 46.2 Å². The smallest absolute Gasteiger partial charge is 0.189 e. The Kier molecular flexibility index (Phi) is 15.9. The van der Waals surface area contributed by atoms with E-state index in [9.17, 15) is 20.1 Å². The molecule has 0 saturated heterocycles. The number of aryl methyl sites for hydroxylation is 1. The van der Waals surface area contributed by atoms with Crippen LogP contribution in [0.25, 0.3) is 0 Å². The number of nitrogens with one attached hydrogen (secondary N) is 1. The topological polar surface area (TPSA) is 147 Å². The molecule has 1 aliphatic heterocycles. The van der Waals surface area contributed by atoms with Crippen LogP contribution in [0.4, 0.5) is 0 Å². The summed E-state index contributed by atoms with van der Waals surface area (Å²) in [5.74, 6) is 9.69. The maximum atomic E-state index is 14.4. The number of carbonyl (C=O) groups excluding carboxylic acids is 1. The number of aromatic hydroxyl groups is 2. The van der Waals surface area contributed by atoms with Crippen molar-refractivity contribution in [3.63, 3.8) is 0 Å². The summed E-state index contributed by atoms with van der Waals surface area (Å²) >= 11 is 0. The number of benzene rings is 3. The molecule has 4 fully saturated rings. The van der Waals surface area contributed by atoms with Gasteiger partial charge in [0.05, 0.1) is 30.4 Å². The lowest BCUT2D eigenvalue weighted by Crippen LogP contribution is -2.50. The van der Waals surface area contributed by atoms with Crippen molar-refractivity contribution in [1.29, 1.82) is 0 Å².